The van der Waals surface area contributed by atoms with E-state index in [1.54, 1.807) is 0 Å². The third-order valence-corrected chi connectivity index (χ3v) is 2.88. The summed E-state index contributed by atoms with van der Waals surface area (Å²) in [6.07, 6.45) is 1.09. The van der Waals surface area contributed by atoms with Crippen molar-refractivity contribution in [2.75, 3.05) is 0 Å². The van der Waals surface area contributed by atoms with Crippen LogP contribution >= 0.6 is 11.6 Å². The summed E-state index contributed by atoms with van der Waals surface area (Å²) in [6, 6.07) is 1.23. The molecule has 0 radical (unpaired) electrons. The molecular weight excluding hydrogens is 204 g/mol. The van der Waals surface area contributed by atoms with Gasteiger partial charge in [0.25, 0.3) is 5.56 Å². The summed E-state index contributed by atoms with van der Waals surface area (Å²) >= 11 is 5.53. The van der Waals surface area contributed by atoms with Crippen LogP contribution in [-0.2, 0) is 6.54 Å². The van der Waals surface area contributed by atoms with Crippen LogP contribution in [0, 0.1) is 11.8 Å². The molecule has 0 aliphatic heterocycles. The fourth-order valence-corrected chi connectivity index (χ4v) is 1.73. The highest BCUT2D eigenvalue weighted by Crippen LogP contribution is 2.38. The van der Waals surface area contributed by atoms with Crippen LogP contribution in [-0.4, -0.2) is 9.55 Å². The van der Waals surface area contributed by atoms with Gasteiger partial charge in [-0.3, -0.25) is 14.3 Å². The SMILES string of the molecule is CC1CC1Cn1c(=O)cc(Cl)[nH]c1=O. The van der Waals surface area contributed by atoms with Crippen LogP contribution in [0.25, 0.3) is 0 Å². The summed E-state index contributed by atoms with van der Waals surface area (Å²) in [6.45, 7) is 2.62. The van der Waals surface area contributed by atoms with Crippen LogP contribution in [0.5, 0.6) is 0 Å². The van der Waals surface area contributed by atoms with Gasteiger partial charge < -0.3 is 0 Å². The number of nitrogens with zero attached hydrogens (tertiary/aromatic N) is 1. The Kier molecular flexibility index (Phi) is 2.23. The Hall–Kier alpha value is -1.03. The van der Waals surface area contributed by atoms with Gasteiger partial charge in [0.15, 0.2) is 0 Å². The Morgan fingerprint density at radius 2 is 2.29 bits per heavy atom. The third kappa shape index (κ3) is 1.75. The van der Waals surface area contributed by atoms with Crippen molar-refractivity contribution < 1.29 is 0 Å². The molecule has 0 bridgehead atoms. The summed E-state index contributed by atoms with van der Waals surface area (Å²) in [5.74, 6) is 1.09. The number of rotatable bonds is 2. The third-order valence-electron chi connectivity index (χ3n) is 2.68. The summed E-state index contributed by atoms with van der Waals surface area (Å²) in [5.41, 5.74) is -0.737. The van der Waals surface area contributed by atoms with E-state index >= 15 is 0 Å². The maximum Gasteiger partial charge on any atom is 0.329 e. The van der Waals surface area contributed by atoms with Crippen molar-refractivity contribution in [2.24, 2.45) is 11.8 Å². The average Bonchev–Trinajstić information content (AvgIpc) is 2.74. The van der Waals surface area contributed by atoms with Gasteiger partial charge in [-0.1, -0.05) is 18.5 Å². The van der Waals surface area contributed by atoms with E-state index in [4.69, 9.17) is 11.6 Å². The molecule has 0 saturated heterocycles. The summed E-state index contributed by atoms with van der Waals surface area (Å²) in [7, 11) is 0. The monoisotopic (exact) mass is 214 g/mol. The van der Waals surface area contributed by atoms with E-state index in [9.17, 15) is 9.59 Å². The van der Waals surface area contributed by atoms with Crippen molar-refractivity contribution in [3.63, 3.8) is 0 Å². The molecule has 1 aliphatic carbocycles. The van der Waals surface area contributed by atoms with Crippen molar-refractivity contribution >= 4 is 11.6 Å². The Morgan fingerprint density at radius 1 is 1.64 bits per heavy atom. The number of H-pyrrole nitrogens is 1. The van der Waals surface area contributed by atoms with Crippen molar-refractivity contribution in [3.05, 3.63) is 32.1 Å². The Labute approximate surface area is 85.5 Å². The lowest BCUT2D eigenvalue weighted by Crippen LogP contribution is -2.35. The lowest BCUT2D eigenvalue weighted by molar-refractivity contribution is 0.551. The minimum absolute atomic E-state index is 0.0973. The van der Waals surface area contributed by atoms with Gasteiger partial charge in [-0.05, 0) is 18.3 Å². The highest BCUT2D eigenvalue weighted by molar-refractivity contribution is 6.29. The number of aromatic nitrogens is 2. The topological polar surface area (TPSA) is 54.9 Å². The normalized spacial score (nSPS) is 25.0. The van der Waals surface area contributed by atoms with Crippen LogP contribution in [0.1, 0.15) is 13.3 Å². The fraction of sp³-hybridized carbons (Fsp3) is 0.556. The van der Waals surface area contributed by atoms with Crippen LogP contribution in [0.15, 0.2) is 15.7 Å². The fourth-order valence-electron chi connectivity index (χ4n) is 1.55. The minimum atomic E-state index is -0.415. The largest absolute Gasteiger partial charge is 0.329 e. The van der Waals surface area contributed by atoms with E-state index in [-0.39, 0.29) is 10.7 Å². The first-order chi connectivity index (χ1) is 6.58. The molecule has 1 saturated carbocycles. The van der Waals surface area contributed by atoms with Gasteiger partial charge in [-0.25, -0.2) is 4.79 Å². The van der Waals surface area contributed by atoms with E-state index in [0.29, 0.717) is 18.4 Å². The average molecular weight is 215 g/mol. The van der Waals surface area contributed by atoms with Gasteiger partial charge in [-0.2, -0.15) is 0 Å². The van der Waals surface area contributed by atoms with Gasteiger partial charge in [0.2, 0.25) is 0 Å². The standard InChI is InChI=1S/C9H11ClN2O2/c1-5-2-6(5)4-12-8(13)3-7(10)11-9(12)14/h3,5-6H,2,4H2,1H3,(H,11,14). The van der Waals surface area contributed by atoms with E-state index in [1.165, 1.54) is 10.6 Å². The van der Waals surface area contributed by atoms with Crippen LogP contribution in [0.4, 0.5) is 0 Å². The quantitative estimate of drug-likeness (QED) is 0.742. The van der Waals surface area contributed by atoms with Gasteiger partial charge in [0, 0.05) is 12.6 Å². The van der Waals surface area contributed by atoms with Gasteiger partial charge in [0.05, 0.1) is 0 Å². The van der Waals surface area contributed by atoms with Crippen molar-refractivity contribution in [1.29, 1.82) is 0 Å². The molecule has 14 heavy (non-hydrogen) atoms. The lowest BCUT2D eigenvalue weighted by atomic mass is 10.3. The number of hydrogen-bond donors (Lipinski definition) is 1. The summed E-state index contributed by atoms with van der Waals surface area (Å²) < 4.78 is 1.21. The van der Waals surface area contributed by atoms with Crippen molar-refractivity contribution in [1.82, 2.24) is 9.55 Å². The molecule has 2 unspecified atom stereocenters. The lowest BCUT2D eigenvalue weighted by Gasteiger charge is -2.02. The minimum Gasteiger partial charge on any atom is -0.298 e. The first kappa shape index (κ1) is 9.52. The van der Waals surface area contributed by atoms with Crippen molar-refractivity contribution in [3.8, 4) is 0 Å². The van der Waals surface area contributed by atoms with E-state index in [1.807, 2.05) is 0 Å². The summed E-state index contributed by atoms with van der Waals surface area (Å²) in [4.78, 5) is 25.1. The Balaban J connectivity index is 2.33. The zero-order valence-corrected chi connectivity index (χ0v) is 8.54. The predicted molar refractivity (Wildman–Crippen MR) is 53.6 cm³/mol. The van der Waals surface area contributed by atoms with E-state index < -0.39 is 5.69 Å². The Morgan fingerprint density at radius 3 is 2.79 bits per heavy atom. The number of aromatic amines is 1. The molecule has 1 fully saturated rings. The van der Waals surface area contributed by atoms with Crippen LogP contribution in [0.3, 0.4) is 0 Å². The van der Waals surface area contributed by atoms with Gasteiger partial charge in [0.1, 0.15) is 5.15 Å². The second-order valence-electron chi connectivity index (χ2n) is 3.84. The van der Waals surface area contributed by atoms with Crippen molar-refractivity contribution in [2.45, 2.75) is 19.9 Å². The number of nitrogens with one attached hydrogen (secondary N) is 1. The molecule has 1 heterocycles. The molecule has 1 N–H and O–H groups in total. The smallest absolute Gasteiger partial charge is 0.298 e. The number of hydrogen-bond acceptors (Lipinski definition) is 2. The van der Waals surface area contributed by atoms with Crippen LogP contribution < -0.4 is 11.2 Å². The van der Waals surface area contributed by atoms with E-state index in [0.717, 1.165) is 6.42 Å². The summed E-state index contributed by atoms with van der Waals surface area (Å²) in [5, 5.41) is 0.0973. The highest BCUT2D eigenvalue weighted by atomic mass is 35.5. The maximum absolute atomic E-state index is 11.4. The zero-order valence-electron chi connectivity index (χ0n) is 7.79. The first-order valence-corrected chi connectivity index (χ1v) is 4.95. The van der Waals surface area contributed by atoms with E-state index in [2.05, 4.69) is 11.9 Å². The molecule has 4 nitrogen and oxygen atoms in total. The highest BCUT2D eigenvalue weighted by Gasteiger charge is 2.33. The molecule has 0 amide bonds. The molecule has 76 valence electrons. The predicted octanol–water partition coefficient (Wildman–Crippen LogP) is 0.846. The van der Waals surface area contributed by atoms with Gasteiger partial charge in [-0.15, -0.1) is 0 Å². The van der Waals surface area contributed by atoms with Gasteiger partial charge >= 0.3 is 5.69 Å². The zero-order chi connectivity index (χ0) is 10.3. The first-order valence-electron chi connectivity index (χ1n) is 4.57. The molecule has 1 aromatic rings. The molecule has 2 rings (SSSR count). The maximum atomic E-state index is 11.4. The molecule has 2 atom stereocenters. The second kappa shape index (κ2) is 3.28. The second-order valence-corrected chi connectivity index (χ2v) is 4.25. The molecule has 1 aromatic heterocycles. The molecule has 1 aliphatic rings. The number of halogens is 1. The molecule has 0 spiro atoms. The molecule has 5 heteroatoms. The van der Waals surface area contributed by atoms with Crippen LogP contribution in [0.2, 0.25) is 5.15 Å². The Bertz CT molecular complexity index is 431. The molecule has 0 aromatic carbocycles. The molecular formula is C9H11ClN2O2.